The number of amides is 1. The second-order valence-corrected chi connectivity index (χ2v) is 5.47. The zero-order chi connectivity index (χ0) is 15.3. The number of carbonyl (C=O) groups is 2. The molecule has 1 aliphatic rings. The van der Waals surface area contributed by atoms with Crippen molar-refractivity contribution in [1.82, 2.24) is 5.32 Å². The Kier molecular flexibility index (Phi) is 4.96. The second kappa shape index (κ2) is 6.72. The van der Waals surface area contributed by atoms with E-state index in [1.165, 1.54) is 0 Å². The second-order valence-electron chi connectivity index (χ2n) is 5.47. The summed E-state index contributed by atoms with van der Waals surface area (Å²) in [7, 11) is 0. The first kappa shape index (κ1) is 15.5. The molecule has 1 heterocycles. The molecule has 5 nitrogen and oxygen atoms in total. The number of rotatable bonds is 4. The van der Waals surface area contributed by atoms with Crippen LogP contribution in [0.3, 0.4) is 0 Å². The molecular formula is C16H22N2O3. The normalized spacial score (nSPS) is 21.6. The van der Waals surface area contributed by atoms with Gasteiger partial charge in [-0.2, -0.15) is 0 Å². The highest BCUT2D eigenvalue weighted by Crippen LogP contribution is 2.21. The quantitative estimate of drug-likeness (QED) is 0.835. The van der Waals surface area contributed by atoms with Crippen molar-refractivity contribution in [2.45, 2.75) is 38.6 Å². The van der Waals surface area contributed by atoms with Gasteiger partial charge in [0, 0.05) is 5.69 Å². The van der Waals surface area contributed by atoms with Gasteiger partial charge in [0.1, 0.15) is 0 Å². The molecule has 1 amide bonds. The molecular weight excluding hydrogens is 268 g/mol. The van der Waals surface area contributed by atoms with Crippen LogP contribution in [0.25, 0.3) is 0 Å². The number of hydrogen-bond acceptors (Lipinski definition) is 4. The number of nitrogens with one attached hydrogen (secondary N) is 2. The summed E-state index contributed by atoms with van der Waals surface area (Å²) in [6, 6.07) is 6.82. The van der Waals surface area contributed by atoms with E-state index < -0.39 is 5.54 Å². The molecule has 21 heavy (non-hydrogen) atoms. The van der Waals surface area contributed by atoms with Gasteiger partial charge in [-0.1, -0.05) is 6.07 Å². The molecule has 1 atom stereocenters. The van der Waals surface area contributed by atoms with Crippen molar-refractivity contribution in [2.75, 3.05) is 18.5 Å². The number of benzene rings is 1. The maximum absolute atomic E-state index is 12.4. The van der Waals surface area contributed by atoms with Crippen LogP contribution in [-0.4, -0.2) is 30.6 Å². The van der Waals surface area contributed by atoms with E-state index >= 15 is 0 Å². The summed E-state index contributed by atoms with van der Waals surface area (Å²) in [6.45, 7) is 4.86. The average Bonchev–Trinajstić information content (AvgIpc) is 2.48. The Bertz CT molecular complexity index is 522. The highest BCUT2D eigenvalue weighted by molar-refractivity contribution is 5.99. The molecule has 0 saturated carbocycles. The van der Waals surface area contributed by atoms with Crippen molar-refractivity contribution >= 4 is 17.6 Å². The molecule has 5 heteroatoms. The van der Waals surface area contributed by atoms with Crippen LogP contribution in [0.5, 0.6) is 0 Å². The molecule has 1 fully saturated rings. The van der Waals surface area contributed by atoms with E-state index in [4.69, 9.17) is 4.74 Å². The molecule has 0 aliphatic carbocycles. The first-order valence-corrected chi connectivity index (χ1v) is 7.39. The third-order valence-electron chi connectivity index (χ3n) is 3.75. The van der Waals surface area contributed by atoms with Gasteiger partial charge in [0.2, 0.25) is 5.91 Å². The van der Waals surface area contributed by atoms with Crippen LogP contribution >= 0.6 is 0 Å². The van der Waals surface area contributed by atoms with Crippen LogP contribution in [0.15, 0.2) is 24.3 Å². The lowest BCUT2D eigenvalue weighted by atomic mass is 9.90. The fourth-order valence-electron chi connectivity index (χ4n) is 2.46. The fraction of sp³-hybridized carbons (Fsp3) is 0.500. The Hall–Kier alpha value is -1.88. The summed E-state index contributed by atoms with van der Waals surface area (Å²) < 4.78 is 4.96. The van der Waals surface area contributed by atoms with Gasteiger partial charge in [0.15, 0.2) is 0 Å². The number of hydrogen-bond donors (Lipinski definition) is 2. The molecule has 0 spiro atoms. The van der Waals surface area contributed by atoms with Crippen LogP contribution in [0.2, 0.25) is 0 Å². The lowest BCUT2D eigenvalue weighted by Crippen LogP contribution is -2.54. The van der Waals surface area contributed by atoms with E-state index in [-0.39, 0.29) is 11.9 Å². The van der Waals surface area contributed by atoms with E-state index in [2.05, 4.69) is 10.6 Å². The minimum atomic E-state index is -0.543. The van der Waals surface area contributed by atoms with Gasteiger partial charge in [0.25, 0.3) is 0 Å². The topological polar surface area (TPSA) is 67.4 Å². The SMILES string of the molecule is CCOC(=O)c1cccc(NC(=O)C2(C)CCCCN2)c1. The predicted octanol–water partition coefficient (Wildman–Crippen LogP) is 2.33. The number of anilines is 1. The molecule has 0 aromatic heterocycles. The van der Waals surface area contributed by atoms with E-state index in [1.54, 1.807) is 31.2 Å². The molecule has 0 radical (unpaired) electrons. The highest BCUT2D eigenvalue weighted by Gasteiger charge is 2.34. The van der Waals surface area contributed by atoms with Gasteiger partial charge >= 0.3 is 5.97 Å². The average molecular weight is 290 g/mol. The molecule has 2 N–H and O–H groups in total. The number of ether oxygens (including phenoxy) is 1. The molecule has 1 aliphatic heterocycles. The molecule has 1 aromatic rings. The van der Waals surface area contributed by atoms with Crippen molar-refractivity contribution in [2.24, 2.45) is 0 Å². The Labute approximate surface area is 125 Å². The summed E-state index contributed by atoms with van der Waals surface area (Å²) in [6.07, 6.45) is 2.96. The van der Waals surface area contributed by atoms with Crippen LogP contribution in [0.4, 0.5) is 5.69 Å². The summed E-state index contributed by atoms with van der Waals surface area (Å²) >= 11 is 0. The van der Waals surface area contributed by atoms with Crippen LogP contribution in [0.1, 0.15) is 43.5 Å². The zero-order valence-electron chi connectivity index (χ0n) is 12.6. The Morgan fingerprint density at radius 1 is 1.38 bits per heavy atom. The Morgan fingerprint density at radius 3 is 2.86 bits per heavy atom. The van der Waals surface area contributed by atoms with Crippen LogP contribution < -0.4 is 10.6 Å². The first-order valence-electron chi connectivity index (χ1n) is 7.39. The zero-order valence-corrected chi connectivity index (χ0v) is 12.6. The van der Waals surface area contributed by atoms with Crippen LogP contribution in [-0.2, 0) is 9.53 Å². The molecule has 114 valence electrons. The van der Waals surface area contributed by atoms with Gasteiger partial charge in [-0.15, -0.1) is 0 Å². The van der Waals surface area contributed by atoms with E-state index in [9.17, 15) is 9.59 Å². The lowest BCUT2D eigenvalue weighted by Gasteiger charge is -2.33. The fourth-order valence-corrected chi connectivity index (χ4v) is 2.46. The monoisotopic (exact) mass is 290 g/mol. The van der Waals surface area contributed by atoms with Crippen molar-refractivity contribution in [3.63, 3.8) is 0 Å². The Morgan fingerprint density at radius 2 is 2.19 bits per heavy atom. The molecule has 0 bridgehead atoms. The summed E-state index contributed by atoms with van der Waals surface area (Å²) in [5.41, 5.74) is 0.508. The van der Waals surface area contributed by atoms with Gasteiger partial charge in [-0.25, -0.2) is 4.79 Å². The van der Waals surface area contributed by atoms with Crippen molar-refractivity contribution in [1.29, 1.82) is 0 Å². The largest absolute Gasteiger partial charge is 0.462 e. The standard InChI is InChI=1S/C16H22N2O3/c1-3-21-14(19)12-7-6-8-13(11-12)18-15(20)16(2)9-4-5-10-17-16/h6-8,11,17H,3-5,9-10H2,1-2H3,(H,18,20). The minimum absolute atomic E-state index is 0.0665. The molecule has 1 unspecified atom stereocenters. The van der Waals surface area contributed by atoms with Crippen molar-refractivity contribution in [3.05, 3.63) is 29.8 Å². The van der Waals surface area contributed by atoms with Gasteiger partial charge in [-0.3, -0.25) is 4.79 Å². The summed E-state index contributed by atoms with van der Waals surface area (Å²) in [5, 5.41) is 6.15. The van der Waals surface area contributed by atoms with Crippen molar-refractivity contribution in [3.8, 4) is 0 Å². The molecule has 2 rings (SSSR count). The predicted molar refractivity (Wildman–Crippen MR) is 81.3 cm³/mol. The number of carbonyl (C=O) groups excluding carboxylic acids is 2. The maximum Gasteiger partial charge on any atom is 0.338 e. The molecule has 1 saturated heterocycles. The van der Waals surface area contributed by atoms with E-state index in [0.717, 1.165) is 25.8 Å². The third kappa shape index (κ3) is 3.82. The minimum Gasteiger partial charge on any atom is -0.462 e. The number of piperidine rings is 1. The van der Waals surface area contributed by atoms with E-state index in [0.29, 0.717) is 17.9 Å². The van der Waals surface area contributed by atoms with Crippen LogP contribution in [0, 0.1) is 0 Å². The highest BCUT2D eigenvalue weighted by atomic mass is 16.5. The lowest BCUT2D eigenvalue weighted by molar-refractivity contribution is -0.122. The Balaban J connectivity index is 2.07. The first-order chi connectivity index (χ1) is 10.0. The molecule has 1 aromatic carbocycles. The van der Waals surface area contributed by atoms with Gasteiger partial charge in [0.05, 0.1) is 17.7 Å². The summed E-state index contributed by atoms with van der Waals surface area (Å²) in [4.78, 5) is 24.1. The number of esters is 1. The third-order valence-corrected chi connectivity index (χ3v) is 3.75. The van der Waals surface area contributed by atoms with Gasteiger partial charge < -0.3 is 15.4 Å². The summed E-state index contributed by atoms with van der Waals surface area (Å²) in [5.74, 6) is -0.446. The van der Waals surface area contributed by atoms with E-state index in [1.807, 2.05) is 6.92 Å². The van der Waals surface area contributed by atoms with Gasteiger partial charge in [-0.05, 0) is 57.9 Å². The van der Waals surface area contributed by atoms with Crippen molar-refractivity contribution < 1.29 is 14.3 Å². The maximum atomic E-state index is 12.4. The smallest absolute Gasteiger partial charge is 0.338 e.